The van der Waals surface area contributed by atoms with Crippen molar-refractivity contribution >= 4 is 28.7 Å². The molecule has 18 heavy (non-hydrogen) atoms. The fourth-order valence-electron chi connectivity index (χ4n) is 1.42. The van der Waals surface area contributed by atoms with Crippen molar-refractivity contribution in [1.82, 2.24) is 10.3 Å². The van der Waals surface area contributed by atoms with E-state index < -0.39 is 0 Å². The number of thioether (sulfide) groups is 1. The molecule has 1 aliphatic heterocycles. The van der Waals surface area contributed by atoms with Crippen molar-refractivity contribution < 1.29 is 4.79 Å². The predicted molar refractivity (Wildman–Crippen MR) is 77.2 cm³/mol. The van der Waals surface area contributed by atoms with Crippen molar-refractivity contribution in [3.05, 3.63) is 23.9 Å². The summed E-state index contributed by atoms with van der Waals surface area (Å²) in [6, 6.07) is 3.82. The van der Waals surface area contributed by atoms with E-state index in [9.17, 15) is 4.79 Å². The van der Waals surface area contributed by atoms with Crippen molar-refractivity contribution in [3.63, 3.8) is 0 Å². The molecule has 0 aromatic carbocycles. The minimum absolute atomic E-state index is 0.0113. The summed E-state index contributed by atoms with van der Waals surface area (Å²) >= 11 is 1.47. The molecule has 1 saturated heterocycles. The number of aromatic nitrogens is 1. The molecule has 1 unspecified atom stereocenters. The standard InChI is InChI=1S/C11H13N3OS.C2H6/c1-3-8-10(15)14-11(16-8)13-9-7(2)5-4-6-12-9;1-2/h4-6,8H,3H2,1-2H3,(H,12,13,14,15);1-2H3. The van der Waals surface area contributed by atoms with E-state index in [1.165, 1.54) is 11.8 Å². The van der Waals surface area contributed by atoms with Crippen molar-refractivity contribution in [3.8, 4) is 0 Å². The first-order valence-corrected chi connectivity index (χ1v) is 7.06. The maximum Gasteiger partial charge on any atom is 0.239 e. The number of amides is 1. The van der Waals surface area contributed by atoms with Gasteiger partial charge in [0.05, 0.1) is 5.25 Å². The highest BCUT2D eigenvalue weighted by Gasteiger charge is 2.28. The third-order valence-electron chi connectivity index (χ3n) is 2.34. The summed E-state index contributed by atoms with van der Waals surface area (Å²) in [6.07, 6.45) is 2.52. The second kappa shape index (κ2) is 7.16. The maximum atomic E-state index is 11.5. The first kappa shape index (κ1) is 14.7. The van der Waals surface area contributed by atoms with Gasteiger partial charge in [0.25, 0.3) is 0 Å². The quantitative estimate of drug-likeness (QED) is 0.894. The van der Waals surface area contributed by atoms with Crippen LogP contribution in [0.2, 0.25) is 0 Å². The number of nitrogens with zero attached hydrogens (tertiary/aromatic N) is 2. The summed E-state index contributed by atoms with van der Waals surface area (Å²) in [7, 11) is 0. The second-order valence-corrected chi connectivity index (χ2v) is 4.76. The van der Waals surface area contributed by atoms with Gasteiger partial charge in [0.1, 0.15) is 0 Å². The number of aliphatic imine (C=N–C) groups is 1. The second-order valence-electron chi connectivity index (χ2n) is 3.56. The third kappa shape index (κ3) is 3.57. The molecule has 5 heteroatoms. The molecule has 1 fully saturated rings. The number of nitrogens with one attached hydrogen (secondary N) is 1. The van der Waals surface area contributed by atoms with Gasteiger partial charge in [-0.05, 0) is 25.0 Å². The molecule has 0 spiro atoms. The minimum Gasteiger partial charge on any atom is -0.304 e. The Morgan fingerprint density at radius 2 is 2.22 bits per heavy atom. The van der Waals surface area contributed by atoms with Gasteiger partial charge < -0.3 is 5.32 Å². The van der Waals surface area contributed by atoms with Gasteiger partial charge in [-0.3, -0.25) is 4.79 Å². The highest BCUT2D eigenvalue weighted by molar-refractivity contribution is 8.15. The van der Waals surface area contributed by atoms with Crippen LogP contribution in [0.5, 0.6) is 0 Å². The molecule has 1 aliphatic rings. The predicted octanol–water partition coefficient (Wildman–Crippen LogP) is 3.05. The summed E-state index contributed by atoms with van der Waals surface area (Å²) in [5.41, 5.74) is 1.00. The Labute approximate surface area is 112 Å². The highest BCUT2D eigenvalue weighted by Crippen LogP contribution is 2.24. The minimum atomic E-state index is -0.0113. The van der Waals surface area contributed by atoms with Gasteiger partial charge in [-0.2, -0.15) is 0 Å². The lowest BCUT2D eigenvalue weighted by Gasteiger charge is -1.99. The van der Waals surface area contributed by atoms with E-state index in [1.807, 2.05) is 39.8 Å². The average molecular weight is 265 g/mol. The Hall–Kier alpha value is -1.36. The van der Waals surface area contributed by atoms with E-state index in [2.05, 4.69) is 15.3 Å². The Kier molecular flexibility index (Phi) is 5.85. The summed E-state index contributed by atoms with van der Waals surface area (Å²) < 4.78 is 0. The number of aryl methyl sites for hydroxylation is 1. The number of amidine groups is 1. The molecule has 0 aliphatic carbocycles. The van der Waals surface area contributed by atoms with Crippen LogP contribution >= 0.6 is 11.8 Å². The fraction of sp³-hybridized carbons (Fsp3) is 0.462. The first-order chi connectivity index (χ1) is 8.70. The van der Waals surface area contributed by atoms with E-state index >= 15 is 0 Å². The molecule has 1 aromatic heterocycles. The first-order valence-electron chi connectivity index (χ1n) is 6.18. The number of carbonyl (C=O) groups is 1. The molecule has 0 saturated carbocycles. The molecular formula is C13H19N3OS. The molecule has 1 aromatic rings. The molecule has 1 amide bonds. The summed E-state index contributed by atoms with van der Waals surface area (Å²) in [5, 5.41) is 3.40. The largest absolute Gasteiger partial charge is 0.304 e. The smallest absolute Gasteiger partial charge is 0.239 e. The van der Waals surface area contributed by atoms with Gasteiger partial charge in [0.2, 0.25) is 5.91 Å². The molecule has 2 rings (SSSR count). The van der Waals surface area contributed by atoms with Crippen LogP contribution in [0.4, 0.5) is 5.82 Å². The average Bonchev–Trinajstić information content (AvgIpc) is 2.75. The Morgan fingerprint density at radius 3 is 2.78 bits per heavy atom. The zero-order valence-electron chi connectivity index (χ0n) is 11.2. The normalized spacial score (nSPS) is 20.3. The lowest BCUT2D eigenvalue weighted by molar-refractivity contribution is -0.118. The number of pyridine rings is 1. The molecule has 0 bridgehead atoms. The van der Waals surface area contributed by atoms with Crippen LogP contribution in [-0.4, -0.2) is 21.3 Å². The van der Waals surface area contributed by atoms with Crippen LogP contribution in [-0.2, 0) is 4.79 Å². The zero-order chi connectivity index (χ0) is 13.5. The summed E-state index contributed by atoms with van der Waals surface area (Å²) in [5.74, 6) is 0.710. The number of carbonyl (C=O) groups excluding carboxylic acids is 1. The van der Waals surface area contributed by atoms with Crippen LogP contribution in [0.1, 0.15) is 32.8 Å². The lowest BCUT2D eigenvalue weighted by Crippen LogP contribution is -2.24. The molecule has 98 valence electrons. The summed E-state index contributed by atoms with van der Waals surface area (Å²) in [4.78, 5) is 20.0. The van der Waals surface area contributed by atoms with Crippen molar-refractivity contribution in [1.29, 1.82) is 0 Å². The molecule has 4 nitrogen and oxygen atoms in total. The maximum absolute atomic E-state index is 11.5. The Bertz CT molecular complexity index is 446. The molecule has 1 N–H and O–H groups in total. The van der Waals surface area contributed by atoms with Crippen molar-refractivity contribution in [2.24, 2.45) is 4.99 Å². The SMILES string of the molecule is CC.CCC1S/C(=N\c2ncccc2C)NC1=O. The third-order valence-corrected chi connectivity index (χ3v) is 3.59. The monoisotopic (exact) mass is 265 g/mol. The van der Waals surface area contributed by atoms with E-state index in [0.717, 1.165) is 12.0 Å². The topological polar surface area (TPSA) is 54.4 Å². The van der Waals surface area contributed by atoms with E-state index in [0.29, 0.717) is 11.0 Å². The number of hydrogen-bond acceptors (Lipinski definition) is 4. The molecule has 2 heterocycles. The lowest BCUT2D eigenvalue weighted by atomic mass is 10.3. The van der Waals surface area contributed by atoms with Crippen LogP contribution in [0.3, 0.4) is 0 Å². The van der Waals surface area contributed by atoms with Gasteiger partial charge in [0, 0.05) is 6.20 Å². The molecule has 1 atom stereocenters. The van der Waals surface area contributed by atoms with Crippen LogP contribution in [0.15, 0.2) is 23.3 Å². The molecule has 0 radical (unpaired) electrons. The number of hydrogen-bond donors (Lipinski definition) is 1. The van der Waals surface area contributed by atoms with E-state index in [-0.39, 0.29) is 11.2 Å². The van der Waals surface area contributed by atoms with E-state index in [1.54, 1.807) is 6.20 Å². The van der Waals surface area contributed by atoms with Gasteiger partial charge in [-0.15, -0.1) is 0 Å². The van der Waals surface area contributed by atoms with Crippen LogP contribution in [0, 0.1) is 6.92 Å². The van der Waals surface area contributed by atoms with Crippen LogP contribution in [0.25, 0.3) is 0 Å². The molecular weight excluding hydrogens is 246 g/mol. The van der Waals surface area contributed by atoms with Crippen molar-refractivity contribution in [2.75, 3.05) is 0 Å². The van der Waals surface area contributed by atoms with Crippen molar-refractivity contribution in [2.45, 2.75) is 39.4 Å². The Morgan fingerprint density at radius 1 is 1.50 bits per heavy atom. The van der Waals surface area contributed by atoms with Gasteiger partial charge >= 0.3 is 0 Å². The van der Waals surface area contributed by atoms with E-state index in [4.69, 9.17) is 0 Å². The zero-order valence-corrected chi connectivity index (χ0v) is 12.0. The van der Waals surface area contributed by atoms with Gasteiger partial charge in [0.15, 0.2) is 11.0 Å². The fourth-order valence-corrected chi connectivity index (χ4v) is 2.32. The van der Waals surface area contributed by atoms with Gasteiger partial charge in [-0.1, -0.05) is 38.6 Å². The number of rotatable bonds is 2. The van der Waals surface area contributed by atoms with Gasteiger partial charge in [-0.25, -0.2) is 9.98 Å². The van der Waals surface area contributed by atoms with Crippen LogP contribution < -0.4 is 5.32 Å². The Balaban J connectivity index is 0.000000771. The highest BCUT2D eigenvalue weighted by atomic mass is 32.2. The summed E-state index contributed by atoms with van der Waals surface area (Å²) in [6.45, 7) is 7.94.